The van der Waals surface area contributed by atoms with E-state index in [2.05, 4.69) is 20.8 Å². The molecule has 0 rings (SSSR count). The van der Waals surface area contributed by atoms with E-state index in [9.17, 15) is 4.79 Å². The maximum atomic E-state index is 10.6. The van der Waals surface area contributed by atoms with E-state index in [0.717, 1.165) is 19.4 Å². The second-order valence-electron chi connectivity index (χ2n) is 4.28. The van der Waals surface area contributed by atoms with Crippen molar-refractivity contribution in [2.45, 2.75) is 46.6 Å². The summed E-state index contributed by atoms with van der Waals surface area (Å²) in [6.07, 6.45) is 2.25. The lowest BCUT2D eigenvalue weighted by atomic mass is 10.0. The van der Waals surface area contributed by atoms with Gasteiger partial charge in [0.1, 0.15) is 0 Å². The molecule has 0 spiro atoms. The van der Waals surface area contributed by atoms with Crippen LogP contribution in [0.4, 0.5) is 0 Å². The minimum Gasteiger partial charge on any atom is -0.480 e. The third-order valence-corrected chi connectivity index (χ3v) is 2.53. The van der Waals surface area contributed by atoms with Crippen molar-refractivity contribution in [3.63, 3.8) is 0 Å². The molecule has 14 heavy (non-hydrogen) atoms. The molecule has 1 unspecified atom stereocenters. The van der Waals surface area contributed by atoms with Crippen LogP contribution in [-0.4, -0.2) is 35.1 Å². The first-order valence-corrected chi connectivity index (χ1v) is 5.43. The molecule has 0 aliphatic carbocycles. The molecule has 0 bridgehead atoms. The van der Waals surface area contributed by atoms with Crippen molar-refractivity contribution in [3.8, 4) is 0 Å². The van der Waals surface area contributed by atoms with Crippen LogP contribution in [0.5, 0.6) is 0 Å². The number of carboxylic acids is 1. The second-order valence-corrected chi connectivity index (χ2v) is 4.28. The van der Waals surface area contributed by atoms with Crippen LogP contribution in [0.3, 0.4) is 0 Å². The Kier molecular flexibility index (Phi) is 6.54. The van der Waals surface area contributed by atoms with E-state index in [1.165, 1.54) is 0 Å². The van der Waals surface area contributed by atoms with Crippen molar-refractivity contribution in [2.75, 3.05) is 13.1 Å². The molecule has 1 N–H and O–H groups in total. The van der Waals surface area contributed by atoms with Gasteiger partial charge in [0.05, 0.1) is 6.54 Å². The van der Waals surface area contributed by atoms with Gasteiger partial charge in [0, 0.05) is 6.04 Å². The summed E-state index contributed by atoms with van der Waals surface area (Å²) in [6.45, 7) is 9.48. The number of aliphatic carboxylic acids is 1. The standard InChI is InChI=1S/C11H23NO2/c1-5-12(8-11(13)14)10(4)7-6-9(2)3/h9-10H,5-8H2,1-4H3,(H,13,14). The van der Waals surface area contributed by atoms with Gasteiger partial charge in [-0.3, -0.25) is 9.69 Å². The zero-order valence-corrected chi connectivity index (χ0v) is 9.79. The highest BCUT2D eigenvalue weighted by molar-refractivity contribution is 5.69. The smallest absolute Gasteiger partial charge is 0.317 e. The van der Waals surface area contributed by atoms with Crippen LogP contribution in [0, 0.1) is 5.92 Å². The van der Waals surface area contributed by atoms with Crippen LogP contribution in [0.25, 0.3) is 0 Å². The van der Waals surface area contributed by atoms with Crippen LogP contribution >= 0.6 is 0 Å². The predicted molar refractivity (Wildman–Crippen MR) is 58.4 cm³/mol. The number of nitrogens with zero attached hydrogens (tertiary/aromatic N) is 1. The second kappa shape index (κ2) is 6.82. The van der Waals surface area contributed by atoms with Crippen molar-refractivity contribution in [2.24, 2.45) is 5.92 Å². The Bertz CT molecular complexity index is 169. The molecule has 3 heteroatoms. The molecule has 0 aliphatic rings. The third-order valence-electron chi connectivity index (χ3n) is 2.53. The van der Waals surface area contributed by atoms with Gasteiger partial charge < -0.3 is 5.11 Å². The van der Waals surface area contributed by atoms with Gasteiger partial charge in [0.25, 0.3) is 0 Å². The SMILES string of the molecule is CCN(CC(=O)O)C(C)CCC(C)C. The predicted octanol–water partition coefficient (Wildman–Crippen LogP) is 2.22. The number of carbonyl (C=O) groups is 1. The minimum absolute atomic E-state index is 0.162. The highest BCUT2D eigenvalue weighted by Gasteiger charge is 2.14. The van der Waals surface area contributed by atoms with Gasteiger partial charge in [0.15, 0.2) is 0 Å². The van der Waals surface area contributed by atoms with Gasteiger partial charge in [-0.1, -0.05) is 20.8 Å². The number of likely N-dealkylation sites (N-methyl/N-ethyl adjacent to an activating group) is 1. The highest BCUT2D eigenvalue weighted by Crippen LogP contribution is 2.11. The summed E-state index contributed by atoms with van der Waals surface area (Å²) >= 11 is 0. The van der Waals surface area contributed by atoms with Gasteiger partial charge in [-0.15, -0.1) is 0 Å². The summed E-state index contributed by atoms with van der Waals surface area (Å²) in [7, 11) is 0. The molecule has 0 saturated carbocycles. The molecular formula is C11H23NO2. The number of rotatable bonds is 7. The average molecular weight is 201 g/mol. The molecule has 0 aromatic rings. The Morgan fingerprint density at radius 2 is 1.86 bits per heavy atom. The summed E-state index contributed by atoms with van der Waals surface area (Å²) in [5.41, 5.74) is 0. The van der Waals surface area contributed by atoms with Crippen molar-refractivity contribution in [3.05, 3.63) is 0 Å². The molecule has 0 heterocycles. The van der Waals surface area contributed by atoms with E-state index in [1.807, 2.05) is 11.8 Å². The minimum atomic E-state index is -0.733. The van der Waals surface area contributed by atoms with E-state index in [1.54, 1.807) is 0 Å². The molecule has 0 aromatic carbocycles. The summed E-state index contributed by atoms with van der Waals surface area (Å²) in [4.78, 5) is 12.6. The van der Waals surface area contributed by atoms with Crippen molar-refractivity contribution < 1.29 is 9.90 Å². The van der Waals surface area contributed by atoms with Gasteiger partial charge in [-0.05, 0) is 32.2 Å². The number of hydrogen-bond acceptors (Lipinski definition) is 2. The Labute approximate surface area is 87.1 Å². The van der Waals surface area contributed by atoms with Crippen molar-refractivity contribution in [1.29, 1.82) is 0 Å². The molecule has 0 aromatic heterocycles. The number of carboxylic acid groups (broad SMARTS) is 1. The van der Waals surface area contributed by atoms with Crippen LogP contribution < -0.4 is 0 Å². The summed E-state index contributed by atoms with van der Waals surface area (Å²) in [5, 5.41) is 8.70. The van der Waals surface area contributed by atoms with E-state index in [0.29, 0.717) is 12.0 Å². The maximum Gasteiger partial charge on any atom is 0.317 e. The molecule has 0 fully saturated rings. The summed E-state index contributed by atoms with van der Waals surface area (Å²) in [6, 6.07) is 0.374. The van der Waals surface area contributed by atoms with E-state index < -0.39 is 5.97 Å². The molecule has 0 aliphatic heterocycles. The molecular weight excluding hydrogens is 178 g/mol. The Morgan fingerprint density at radius 1 is 1.29 bits per heavy atom. The topological polar surface area (TPSA) is 40.5 Å². The van der Waals surface area contributed by atoms with Crippen LogP contribution in [0.1, 0.15) is 40.5 Å². The monoisotopic (exact) mass is 201 g/mol. The Balaban J connectivity index is 3.90. The Hall–Kier alpha value is -0.570. The first-order chi connectivity index (χ1) is 6.47. The van der Waals surface area contributed by atoms with Crippen molar-refractivity contribution in [1.82, 2.24) is 4.90 Å². The number of hydrogen-bond donors (Lipinski definition) is 1. The molecule has 0 saturated heterocycles. The van der Waals surface area contributed by atoms with Crippen molar-refractivity contribution >= 4 is 5.97 Å². The zero-order valence-electron chi connectivity index (χ0n) is 9.79. The Morgan fingerprint density at radius 3 is 2.21 bits per heavy atom. The molecule has 84 valence electrons. The quantitative estimate of drug-likeness (QED) is 0.686. The summed E-state index contributed by atoms with van der Waals surface area (Å²) < 4.78 is 0. The normalized spacial score (nSPS) is 13.6. The van der Waals surface area contributed by atoms with Gasteiger partial charge in [-0.25, -0.2) is 0 Å². The summed E-state index contributed by atoms with van der Waals surface area (Å²) in [5.74, 6) is -0.0377. The molecule has 1 atom stereocenters. The third kappa shape index (κ3) is 5.97. The fourth-order valence-electron chi connectivity index (χ4n) is 1.51. The van der Waals surface area contributed by atoms with E-state index in [4.69, 9.17) is 5.11 Å². The zero-order chi connectivity index (χ0) is 11.1. The first-order valence-electron chi connectivity index (χ1n) is 5.43. The van der Waals surface area contributed by atoms with Crippen LogP contribution in [-0.2, 0) is 4.79 Å². The van der Waals surface area contributed by atoms with Gasteiger partial charge in [0.2, 0.25) is 0 Å². The molecule has 0 radical (unpaired) electrons. The van der Waals surface area contributed by atoms with E-state index in [-0.39, 0.29) is 6.54 Å². The first kappa shape index (κ1) is 13.4. The molecule has 3 nitrogen and oxygen atoms in total. The fraction of sp³-hybridized carbons (Fsp3) is 0.909. The lowest BCUT2D eigenvalue weighted by molar-refractivity contribution is -0.138. The van der Waals surface area contributed by atoms with Gasteiger partial charge >= 0.3 is 5.97 Å². The lowest BCUT2D eigenvalue weighted by Crippen LogP contribution is -2.37. The molecule has 0 amide bonds. The fourth-order valence-corrected chi connectivity index (χ4v) is 1.51. The maximum absolute atomic E-state index is 10.6. The average Bonchev–Trinajstić information content (AvgIpc) is 2.09. The largest absolute Gasteiger partial charge is 0.480 e. The van der Waals surface area contributed by atoms with Crippen LogP contribution in [0.15, 0.2) is 0 Å². The van der Waals surface area contributed by atoms with Crippen LogP contribution in [0.2, 0.25) is 0 Å². The van der Waals surface area contributed by atoms with Gasteiger partial charge in [-0.2, -0.15) is 0 Å². The van der Waals surface area contributed by atoms with E-state index >= 15 is 0 Å². The lowest BCUT2D eigenvalue weighted by Gasteiger charge is -2.26. The highest BCUT2D eigenvalue weighted by atomic mass is 16.4.